The molecule has 0 bridgehead atoms. The summed E-state index contributed by atoms with van der Waals surface area (Å²) in [5, 5.41) is 6.87. The smallest absolute Gasteiger partial charge is 0.254 e. The maximum Gasteiger partial charge on any atom is 0.254 e. The van der Waals surface area contributed by atoms with Gasteiger partial charge in [-0.2, -0.15) is 5.10 Å². The molecule has 1 unspecified atom stereocenters. The van der Waals surface area contributed by atoms with Gasteiger partial charge in [-0.25, -0.2) is 8.78 Å². The molecular weight excluding hydrogens is 288 g/mol. The number of aromatic nitrogens is 2. The Morgan fingerprint density at radius 1 is 1.45 bits per heavy atom. The van der Waals surface area contributed by atoms with Gasteiger partial charge in [0.2, 0.25) is 0 Å². The fraction of sp³-hybridized carbons (Fsp3) is 0.375. The minimum Gasteiger partial charge on any atom is -0.345 e. The molecule has 0 aliphatic heterocycles. The zero-order valence-electron chi connectivity index (χ0n) is 12.2. The van der Waals surface area contributed by atoms with Crippen molar-refractivity contribution in [2.45, 2.75) is 32.4 Å². The number of hydrogen-bond acceptors (Lipinski definition) is 2. The second-order valence-corrected chi connectivity index (χ2v) is 5.54. The van der Waals surface area contributed by atoms with E-state index < -0.39 is 17.7 Å². The standard InChI is InChI=1S/C16H17F2N3O/c1-2-21-9-11(8-19-21)16(22)20-15(10-3-4-10)13-7-12(17)5-6-14(13)18/h5-10,15H,2-4H2,1H3,(H,20,22). The molecule has 1 aromatic carbocycles. The van der Waals surface area contributed by atoms with E-state index in [1.54, 1.807) is 10.9 Å². The predicted molar refractivity (Wildman–Crippen MR) is 77.2 cm³/mol. The number of aryl methyl sites for hydroxylation is 1. The van der Waals surface area contributed by atoms with Crippen LogP contribution in [0.25, 0.3) is 0 Å². The maximum atomic E-state index is 14.0. The summed E-state index contributed by atoms with van der Waals surface area (Å²) in [6.07, 6.45) is 4.91. The van der Waals surface area contributed by atoms with Crippen LogP contribution in [0.3, 0.4) is 0 Å². The van der Waals surface area contributed by atoms with Gasteiger partial charge < -0.3 is 5.32 Å². The second kappa shape index (κ2) is 5.87. The van der Waals surface area contributed by atoms with Crippen LogP contribution in [0.2, 0.25) is 0 Å². The van der Waals surface area contributed by atoms with Crippen molar-refractivity contribution in [3.8, 4) is 0 Å². The first-order chi connectivity index (χ1) is 10.6. The lowest BCUT2D eigenvalue weighted by Crippen LogP contribution is -2.30. The van der Waals surface area contributed by atoms with Crippen LogP contribution in [0.1, 0.15) is 41.7 Å². The van der Waals surface area contributed by atoms with Crippen LogP contribution in [0.5, 0.6) is 0 Å². The van der Waals surface area contributed by atoms with E-state index in [2.05, 4.69) is 10.4 Å². The van der Waals surface area contributed by atoms with E-state index in [-0.39, 0.29) is 17.4 Å². The predicted octanol–water partition coefficient (Wildman–Crippen LogP) is 3.06. The van der Waals surface area contributed by atoms with Crippen molar-refractivity contribution in [3.63, 3.8) is 0 Å². The molecule has 1 saturated carbocycles. The molecule has 1 heterocycles. The third kappa shape index (κ3) is 3.00. The third-order valence-corrected chi connectivity index (χ3v) is 3.89. The minimum absolute atomic E-state index is 0.154. The van der Waals surface area contributed by atoms with Crippen LogP contribution in [0, 0.1) is 17.6 Å². The minimum atomic E-state index is -0.506. The van der Waals surface area contributed by atoms with Gasteiger partial charge in [0.25, 0.3) is 5.91 Å². The zero-order chi connectivity index (χ0) is 15.7. The van der Waals surface area contributed by atoms with Crippen LogP contribution in [0.4, 0.5) is 8.78 Å². The first kappa shape index (κ1) is 14.7. The van der Waals surface area contributed by atoms with Crippen LogP contribution >= 0.6 is 0 Å². The molecule has 0 spiro atoms. The summed E-state index contributed by atoms with van der Waals surface area (Å²) >= 11 is 0. The maximum absolute atomic E-state index is 14.0. The lowest BCUT2D eigenvalue weighted by molar-refractivity contribution is 0.0930. The third-order valence-electron chi connectivity index (χ3n) is 3.89. The quantitative estimate of drug-likeness (QED) is 0.923. The van der Waals surface area contributed by atoms with Crippen LogP contribution in [-0.2, 0) is 6.54 Å². The SMILES string of the molecule is CCn1cc(C(=O)NC(c2cc(F)ccc2F)C2CC2)cn1. The molecule has 0 radical (unpaired) electrons. The lowest BCUT2D eigenvalue weighted by Gasteiger charge is -2.19. The molecule has 0 saturated heterocycles. The van der Waals surface area contributed by atoms with Crippen molar-refractivity contribution in [2.24, 2.45) is 5.92 Å². The second-order valence-electron chi connectivity index (χ2n) is 5.54. The average Bonchev–Trinajstić information content (AvgIpc) is 3.23. The van der Waals surface area contributed by atoms with Gasteiger partial charge in [-0.05, 0) is 43.9 Å². The summed E-state index contributed by atoms with van der Waals surface area (Å²) in [5.41, 5.74) is 0.628. The van der Waals surface area contributed by atoms with Crippen molar-refractivity contribution < 1.29 is 13.6 Å². The number of benzene rings is 1. The topological polar surface area (TPSA) is 46.9 Å². The Hall–Kier alpha value is -2.24. The summed E-state index contributed by atoms with van der Waals surface area (Å²) in [6.45, 7) is 2.58. The van der Waals surface area contributed by atoms with Gasteiger partial charge in [0.05, 0.1) is 17.8 Å². The largest absolute Gasteiger partial charge is 0.345 e. The number of rotatable bonds is 5. The summed E-state index contributed by atoms with van der Waals surface area (Å²) in [6, 6.07) is 2.83. The highest BCUT2D eigenvalue weighted by Crippen LogP contribution is 2.42. The molecule has 1 aliphatic rings. The van der Waals surface area contributed by atoms with E-state index in [9.17, 15) is 13.6 Å². The van der Waals surface area contributed by atoms with Gasteiger partial charge in [0.1, 0.15) is 11.6 Å². The Bertz CT molecular complexity index is 694. The summed E-state index contributed by atoms with van der Waals surface area (Å²) in [5.74, 6) is -1.17. The molecule has 1 aromatic heterocycles. The molecule has 1 fully saturated rings. The zero-order valence-corrected chi connectivity index (χ0v) is 12.2. The molecule has 6 heteroatoms. The molecular formula is C16H17F2N3O. The van der Waals surface area contributed by atoms with Gasteiger partial charge in [-0.15, -0.1) is 0 Å². The number of nitrogens with one attached hydrogen (secondary N) is 1. The molecule has 22 heavy (non-hydrogen) atoms. The average molecular weight is 305 g/mol. The number of carbonyl (C=O) groups is 1. The van der Waals surface area contributed by atoms with Crippen molar-refractivity contribution in [2.75, 3.05) is 0 Å². The monoisotopic (exact) mass is 305 g/mol. The van der Waals surface area contributed by atoms with Gasteiger partial charge in [0.15, 0.2) is 0 Å². The molecule has 1 atom stereocenters. The fourth-order valence-corrected chi connectivity index (χ4v) is 2.51. The normalized spacial score (nSPS) is 15.6. The van der Waals surface area contributed by atoms with E-state index >= 15 is 0 Å². The van der Waals surface area contributed by atoms with E-state index in [0.29, 0.717) is 12.1 Å². The van der Waals surface area contributed by atoms with Gasteiger partial charge in [-0.1, -0.05) is 0 Å². The fourth-order valence-electron chi connectivity index (χ4n) is 2.51. The highest BCUT2D eigenvalue weighted by molar-refractivity contribution is 5.94. The molecule has 1 aliphatic carbocycles. The van der Waals surface area contributed by atoms with Gasteiger partial charge >= 0.3 is 0 Å². The Balaban J connectivity index is 1.83. The van der Waals surface area contributed by atoms with Crippen molar-refractivity contribution in [1.29, 1.82) is 0 Å². The molecule has 3 rings (SSSR count). The van der Waals surface area contributed by atoms with Gasteiger partial charge in [-0.3, -0.25) is 9.48 Å². The van der Waals surface area contributed by atoms with Crippen LogP contribution < -0.4 is 5.32 Å². The van der Waals surface area contributed by atoms with E-state index in [1.807, 2.05) is 6.92 Å². The van der Waals surface area contributed by atoms with E-state index in [1.165, 1.54) is 6.20 Å². The molecule has 116 valence electrons. The Morgan fingerprint density at radius 2 is 2.23 bits per heavy atom. The highest BCUT2D eigenvalue weighted by atomic mass is 19.1. The molecule has 4 nitrogen and oxygen atoms in total. The molecule has 1 N–H and O–H groups in total. The number of hydrogen-bond donors (Lipinski definition) is 1. The van der Waals surface area contributed by atoms with Crippen LogP contribution in [-0.4, -0.2) is 15.7 Å². The molecule has 1 amide bonds. The Labute approximate surface area is 127 Å². The first-order valence-electron chi connectivity index (χ1n) is 7.36. The molecule has 2 aromatic rings. The summed E-state index contributed by atoms with van der Waals surface area (Å²) in [7, 11) is 0. The Kier molecular flexibility index (Phi) is 3.92. The van der Waals surface area contributed by atoms with Gasteiger partial charge in [0, 0.05) is 18.3 Å². The Morgan fingerprint density at radius 3 is 2.86 bits per heavy atom. The van der Waals surface area contributed by atoms with Crippen molar-refractivity contribution >= 4 is 5.91 Å². The van der Waals surface area contributed by atoms with Crippen LogP contribution in [0.15, 0.2) is 30.6 Å². The number of nitrogens with zero attached hydrogens (tertiary/aromatic N) is 2. The highest BCUT2D eigenvalue weighted by Gasteiger charge is 2.35. The summed E-state index contributed by atoms with van der Waals surface area (Å²) in [4.78, 5) is 12.3. The number of halogens is 2. The summed E-state index contributed by atoms with van der Waals surface area (Å²) < 4.78 is 29.0. The van der Waals surface area contributed by atoms with E-state index in [4.69, 9.17) is 0 Å². The van der Waals surface area contributed by atoms with E-state index in [0.717, 1.165) is 31.0 Å². The first-order valence-corrected chi connectivity index (χ1v) is 7.36. The number of carbonyl (C=O) groups excluding carboxylic acids is 1. The van der Waals surface area contributed by atoms with Crippen molar-refractivity contribution in [1.82, 2.24) is 15.1 Å². The number of amides is 1. The lowest BCUT2D eigenvalue weighted by atomic mass is 10.0. The van der Waals surface area contributed by atoms with Crippen molar-refractivity contribution in [3.05, 3.63) is 53.4 Å².